The van der Waals surface area contributed by atoms with Crippen LogP contribution >= 0.6 is 11.7 Å². The molecule has 0 bridgehead atoms. The van der Waals surface area contributed by atoms with Gasteiger partial charge in [0.05, 0.1) is 43.7 Å². The van der Waals surface area contributed by atoms with Gasteiger partial charge < -0.3 is 19.3 Å². The predicted molar refractivity (Wildman–Crippen MR) is 142 cm³/mol. The number of nitrogens with zero attached hydrogens (tertiary/aromatic N) is 2. The number of aliphatic carboxylic acids is 1. The molecule has 0 saturated carbocycles. The number of carbonyl (C=O) groups excluding carboxylic acids is 2. The van der Waals surface area contributed by atoms with E-state index < -0.39 is 17.7 Å². The number of methoxy groups -OCH3 is 2. The van der Waals surface area contributed by atoms with Gasteiger partial charge in [-0.2, -0.15) is 8.75 Å². The summed E-state index contributed by atoms with van der Waals surface area (Å²) in [7, 11) is 2.93. The molecule has 0 spiro atoms. The minimum absolute atomic E-state index is 0.00866. The molecular weight excluding hydrogens is 508 g/mol. The standard InChI is InChI=1S/C28H24N2O7S/c1-4-37-28(34)17-7-5-16(6-8-17)13-20(26(31)19-10-12-23(35-2)24(15-19)36-3)25(27(32)33)18-9-11-21-22(14-18)30-38-29-21/h5-12,14-15H,4,13H2,1-3H3,(H,32,33)/b25-20+. The largest absolute Gasteiger partial charge is 0.493 e. The number of hydrogen-bond donors (Lipinski definition) is 1. The molecule has 1 heterocycles. The van der Waals surface area contributed by atoms with Crippen molar-refractivity contribution in [1.82, 2.24) is 8.75 Å². The molecule has 0 aliphatic carbocycles. The van der Waals surface area contributed by atoms with Crippen LogP contribution in [0.15, 0.2) is 66.2 Å². The fraction of sp³-hybridized carbons (Fsp3) is 0.179. The highest BCUT2D eigenvalue weighted by atomic mass is 32.1. The molecule has 10 heteroatoms. The van der Waals surface area contributed by atoms with Gasteiger partial charge in [-0.3, -0.25) is 4.79 Å². The van der Waals surface area contributed by atoms with E-state index in [2.05, 4.69) is 8.75 Å². The Kier molecular flexibility index (Phi) is 8.12. The van der Waals surface area contributed by atoms with Crippen molar-refractivity contribution in [3.05, 3.63) is 88.5 Å². The van der Waals surface area contributed by atoms with Crippen LogP contribution in [-0.4, -0.2) is 52.4 Å². The number of ketones is 1. The van der Waals surface area contributed by atoms with Crippen LogP contribution in [0, 0.1) is 0 Å². The van der Waals surface area contributed by atoms with Crippen LogP contribution < -0.4 is 9.47 Å². The third kappa shape index (κ3) is 5.55. The quantitative estimate of drug-likeness (QED) is 0.173. The Balaban J connectivity index is 1.85. The first-order valence-electron chi connectivity index (χ1n) is 11.6. The number of fused-ring (bicyclic) bond motifs is 1. The number of carbonyl (C=O) groups is 3. The number of carboxylic acid groups (broad SMARTS) is 1. The van der Waals surface area contributed by atoms with Gasteiger partial charge in [0.1, 0.15) is 11.0 Å². The van der Waals surface area contributed by atoms with Crippen molar-refractivity contribution < 1.29 is 33.7 Å². The molecule has 194 valence electrons. The zero-order valence-corrected chi connectivity index (χ0v) is 21.7. The summed E-state index contributed by atoms with van der Waals surface area (Å²) in [6.45, 7) is 1.96. The van der Waals surface area contributed by atoms with Crippen molar-refractivity contribution in [2.45, 2.75) is 13.3 Å². The first kappa shape index (κ1) is 26.5. The van der Waals surface area contributed by atoms with Gasteiger partial charge in [0, 0.05) is 17.6 Å². The van der Waals surface area contributed by atoms with Gasteiger partial charge in [-0.1, -0.05) is 18.2 Å². The maximum absolute atomic E-state index is 13.9. The molecule has 0 unspecified atom stereocenters. The molecule has 38 heavy (non-hydrogen) atoms. The van der Waals surface area contributed by atoms with Crippen LogP contribution in [0.3, 0.4) is 0 Å². The number of allylic oxidation sites excluding steroid dienone is 1. The minimum Gasteiger partial charge on any atom is -0.493 e. The van der Waals surface area contributed by atoms with Crippen LogP contribution in [0.2, 0.25) is 0 Å². The normalized spacial score (nSPS) is 11.6. The molecule has 4 rings (SSSR count). The second-order valence-electron chi connectivity index (χ2n) is 8.12. The summed E-state index contributed by atoms with van der Waals surface area (Å²) >= 11 is 1.02. The molecule has 1 aromatic heterocycles. The Labute approximate surface area is 222 Å². The topological polar surface area (TPSA) is 125 Å². The van der Waals surface area contributed by atoms with Crippen LogP contribution in [0.5, 0.6) is 11.5 Å². The number of carboxylic acids is 1. The maximum atomic E-state index is 13.9. The fourth-order valence-corrected chi connectivity index (χ4v) is 4.49. The summed E-state index contributed by atoms with van der Waals surface area (Å²) in [5, 5.41) is 10.3. The van der Waals surface area contributed by atoms with Gasteiger partial charge in [0.15, 0.2) is 17.3 Å². The fourth-order valence-electron chi connectivity index (χ4n) is 3.98. The molecule has 0 fully saturated rings. The first-order valence-corrected chi connectivity index (χ1v) is 12.3. The Bertz CT molecular complexity index is 1540. The number of esters is 1. The Morgan fingerprint density at radius 1 is 0.816 bits per heavy atom. The lowest BCUT2D eigenvalue weighted by Gasteiger charge is -2.15. The van der Waals surface area contributed by atoms with Gasteiger partial charge in [-0.05, 0) is 60.5 Å². The highest BCUT2D eigenvalue weighted by Crippen LogP contribution is 2.32. The second-order valence-corrected chi connectivity index (χ2v) is 8.65. The summed E-state index contributed by atoms with van der Waals surface area (Å²) in [5.41, 5.74) is 2.60. The smallest absolute Gasteiger partial charge is 0.338 e. The van der Waals surface area contributed by atoms with Gasteiger partial charge >= 0.3 is 11.9 Å². The molecular formula is C28H24N2O7S. The van der Waals surface area contributed by atoms with Crippen molar-refractivity contribution in [1.29, 1.82) is 0 Å². The number of hydrogen-bond acceptors (Lipinski definition) is 9. The number of aromatic nitrogens is 2. The summed E-state index contributed by atoms with van der Waals surface area (Å²) in [6.07, 6.45) is -0.00866. The number of Topliss-reactive ketones (excluding diaryl/α,β-unsaturated/α-hetero) is 1. The number of ether oxygens (including phenoxy) is 3. The van der Waals surface area contributed by atoms with E-state index in [1.165, 1.54) is 20.3 Å². The molecule has 9 nitrogen and oxygen atoms in total. The molecule has 1 N–H and O–H groups in total. The van der Waals surface area contributed by atoms with Crippen molar-refractivity contribution in [2.24, 2.45) is 0 Å². The molecule has 0 saturated heterocycles. The van der Waals surface area contributed by atoms with Crippen LogP contribution in [0.1, 0.15) is 38.8 Å². The molecule has 0 aliphatic heterocycles. The average Bonchev–Trinajstić information content (AvgIpc) is 3.40. The minimum atomic E-state index is -1.26. The molecule has 0 amide bonds. The van der Waals surface area contributed by atoms with Gasteiger partial charge in [-0.15, -0.1) is 0 Å². The van der Waals surface area contributed by atoms with Gasteiger partial charge in [0.2, 0.25) is 0 Å². The Hall–Kier alpha value is -4.57. The summed E-state index contributed by atoms with van der Waals surface area (Å²) in [6, 6.07) is 16.0. The van der Waals surface area contributed by atoms with Crippen molar-refractivity contribution in [3.63, 3.8) is 0 Å². The monoisotopic (exact) mass is 532 g/mol. The van der Waals surface area contributed by atoms with Crippen LogP contribution in [0.4, 0.5) is 0 Å². The van der Waals surface area contributed by atoms with Crippen molar-refractivity contribution >= 4 is 46.1 Å². The highest BCUT2D eigenvalue weighted by Gasteiger charge is 2.25. The van der Waals surface area contributed by atoms with Crippen molar-refractivity contribution in [3.8, 4) is 11.5 Å². The molecule has 0 radical (unpaired) electrons. The van der Waals surface area contributed by atoms with Crippen LogP contribution in [0.25, 0.3) is 16.6 Å². The molecule has 3 aromatic carbocycles. The van der Waals surface area contributed by atoms with E-state index in [1.807, 2.05) is 0 Å². The zero-order chi connectivity index (χ0) is 27.2. The predicted octanol–water partition coefficient (Wildman–Crippen LogP) is 4.85. The summed E-state index contributed by atoms with van der Waals surface area (Å²) in [4.78, 5) is 38.6. The summed E-state index contributed by atoms with van der Waals surface area (Å²) in [5.74, 6) is -1.45. The zero-order valence-electron chi connectivity index (χ0n) is 20.9. The lowest BCUT2D eigenvalue weighted by atomic mass is 9.89. The second kappa shape index (κ2) is 11.7. The Morgan fingerprint density at radius 3 is 2.13 bits per heavy atom. The lowest BCUT2D eigenvalue weighted by molar-refractivity contribution is -0.130. The van der Waals surface area contributed by atoms with Crippen molar-refractivity contribution in [2.75, 3.05) is 20.8 Å². The lowest BCUT2D eigenvalue weighted by Crippen LogP contribution is -2.14. The van der Waals surface area contributed by atoms with E-state index in [0.29, 0.717) is 39.2 Å². The van der Waals surface area contributed by atoms with E-state index in [9.17, 15) is 19.5 Å². The molecule has 4 aromatic rings. The number of benzene rings is 3. The van der Waals surface area contributed by atoms with E-state index in [-0.39, 0.29) is 29.7 Å². The van der Waals surface area contributed by atoms with E-state index >= 15 is 0 Å². The Morgan fingerprint density at radius 2 is 1.47 bits per heavy atom. The van der Waals surface area contributed by atoms with E-state index in [4.69, 9.17) is 14.2 Å². The van der Waals surface area contributed by atoms with Gasteiger partial charge in [-0.25, -0.2) is 9.59 Å². The highest BCUT2D eigenvalue weighted by molar-refractivity contribution is 7.00. The first-order chi connectivity index (χ1) is 18.4. The van der Waals surface area contributed by atoms with Gasteiger partial charge in [0.25, 0.3) is 0 Å². The third-order valence-corrected chi connectivity index (χ3v) is 6.38. The third-order valence-electron chi connectivity index (χ3n) is 5.82. The maximum Gasteiger partial charge on any atom is 0.338 e. The van der Waals surface area contributed by atoms with E-state index in [0.717, 1.165) is 11.7 Å². The SMILES string of the molecule is CCOC(=O)c1ccc(C/C(C(=O)c2ccc(OC)c(OC)c2)=C(\C(=O)O)c2ccc3nsnc3c2)cc1. The summed E-state index contributed by atoms with van der Waals surface area (Å²) < 4.78 is 24.0. The molecule has 0 aliphatic rings. The van der Waals surface area contributed by atoms with E-state index in [1.54, 1.807) is 61.5 Å². The number of rotatable bonds is 10. The molecule has 0 atom stereocenters. The average molecular weight is 533 g/mol. The van der Waals surface area contributed by atoms with Crippen LogP contribution in [-0.2, 0) is 16.0 Å².